The number of hydrogen-bond acceptors (Lipinski definition) is 3. The number of H-pyrrole nitrogens is 1. The summed E-state index contributed by atoms with van der Waals surface area (Å²) in [4.78, 5) is 11.9. The van der Waals surface area contributed by atoms with Crippen molar-refractivity contribution in [1.29, 1.82) is 0 Å². The molecule has 1 N–H and O–H groups in total. The summed E-state index contributed by atoms with van der Waals surface area (Å²) in [5.41, 5.74) is 1.59. The number of aromatic amines is 1. The fourth-order valence-electron chi connectivity index (χ4n) is 2.34. The summed E-state index contributed by atoms with van der Waals surface area (Å²) in [5, 5.41) is 8.62. The molecule has 1 aromatic heterocycles. The Balaban J connectivity index is 1.86. The van der Waals surface area contributed by atoms with Gasteiger partial charge in [0.1, 0.15) is 5.75 Å². The van der Waals surface area contributed by atoms with Crippen LogP contribution in [0.4, 0.5) is 0 Å². The number of rotatable bonds is 2. The normalized spacial score (nSPS) is 16.1. The van der Waals surface area contributed by atoms with Crippen molar-refractivity contribution in [3.8, 4) is 5.75 Å². The standard InChI is InChI=1S/C16H20N2O2/c1-16(2,3)15(19)20-11-7-8-12-13(9-11)17-18-14(12)10-5-4-6-10/h7-10H,4-6H2,1-3H3,(H,17,18). The van der Waals surface area contributed by atoms with Crippen LogP contribution in [0.2, 0.25) is 0 Å². The lowest BCUT2D eigenvalue weighted by atomic mass is 9.82. The number of hydrogen-bond donors (Lipinski definition) is 1. The summed E-state index contributed by atoms with van der Waals surface area (Å²) in [6.45, 7) is 5.53. The number of nitrogens with zero attached hydrogens (tertiary/aromatic N) is 1. The fraction of sp³-hybridized carbons (Fsp3) is 0.500. The average Bonchev–Trinajstić information content (AvgIpc) is 2.69. The minimum Gasteiger partial charge on any atom is -0.426 e. The quantitative estimate of drug-likeness (QED) is 0.668. The molecule has 20 heavy (non-hydrogen) atoms. The lowest BCUT2D eigenvalue weighted by Crippen LogP contribution is -2.25. The van der Waals surface area contributed by atoms with Gasteiger partial charge in [-0.1, -0.05) is 6.42 Å². The lowest BCUT2D eigenvalue weighted by molar-refractivity contribution is -0.142. The van der Waals surface area contributed by atoms with Gasteiger partial charge in [-0.3, -0.25) is 9.89 Å². The predicted octanol–water partition coefficient (Wildman–Crippen LogP) is 3.78. The van der Waals surface area contributed by atoms with Crippen LogP contribution in [0.25, 0.3) is 10.9 Å². The van der Waals surface area contributed by atoms with E-state index in [4.69, 9.17) is 4.74 Å². The third-order valence-electron chi connectivity index (χ3n) is 3.89. The minimum absolute atomic E-state index is 0.230. The van der Waals surface area contributed by atoms with Crippen LogP contribution >= 0.6 is 0 Å². The van der Waals surface area contributed by atoms with E-state index in [0.29, 0.717) is 11.7 Å². The molecule has 1 fully saturated rings. The van der Waals surface area contributed by atoms with E-state index in [1.807, 2.05) is 39.0 Å². The first-order valence-electron chi connectivity index (χ1n) is 7.15. The van der Waals surface area contributed by atoms with Gasteiger partial charge in [-0.2, -0.15) is 5.10 Å². The van der Waals surface area contributed by atoms with Gasteiger partial charge in [-0.15, -0.1) is 0 Å². The van der Waals surface area contributed by atoms with Crippen molar-refractivity contribution in [2.75, 3.05) is 0 Å². The molecule has 0 aliphatic heterocycles. The molecule has 0 radical (unpaired) electrons. The van der Waals surface area contributed by atoms with Crippen LogP contribution in [0.3, 0.4) is 0 Å². The molecule has 3 rings (SSSR count). The third-order valence-corrected chi connectivity index (χ3v) is 3.89. The Kier molecular flexibility index (Phi) is 3.04. The van der Waals surface area contributed by atoms with E-state index in [1.54, 1.807) is 0 Å². The van der Waals surface area contributed by atoms with Crippen LogP contribution in [-0.2, 0) is 4.79 Å². The maximum absolute atomic E-state index is 11.9. The number of ether oxygens (including phenoxy) is 1. The van der Waals surface area contributed by atoms with E-state index in [2.05, 4.69) is 10.2 Å². The molecule has 0 atom stereocenters. The molecule has 0 unspecified atom stereocenters. The molecular formula is C16H20N2O2. The summed E-state index contributed by atoms with van der Waals surface area (Å²) in [6, 6.07) is 5.68. The molecule has 106 valence electrons. The van der Waals surface area contributed by atoms with Gasteiger partial charge in [0.2, 0.25) is 0 Å². The number of aromatic nitrogens is 2. The zero-order chi connectivity index (χ0) is 14.3. The van der Waals surface area contributed by atoms with Crippen LogP contribution in [0.1, 0.15) is 51.6 Å². The summed E-state index contributed by atoms with van der Waals surface area (Å²) in [5.74, 6) is 0.943. The van der Waals surface area contributed by atoms with E-state index in [1.165, 1.54) is 25.0 Å². The van der Waals surface area contributed by atoms with Gasteiger partial charge in [0, 0.05) is 23.1 Å². The van der Waals surface area contributed by atoms with Gasteiger partial charge in [0.05, 0.1) is 10.9 Å². The monoisotopic (exact) mass is 272 g/mol. The van der Waals surface area contributed by atoms with E-state index in [-0.39, 0.29) is 5.97 Å². The maximum atomic E-state index is 11.9. The second-order valence-corrected chi connectivity index (χ2v) is 6.58. The van der Waals surface area contributed by atoms with Gasteiger partial charge in [-0.25, -0.2) is 0 Å². The van der Waals surface area contributed by atoms with Crippen LogP contribution in [0.15, 0.2) is 18.2 Å². The Morgan fingerprint density at radius 3 is 2.70 bits per heavy atom. The SMILES string of the molecule is CC(C)(C)C(=O)Oc1ccc2c(C3CCC3)[nH]nc2c1. The fourth-order valence-corrected chi connectivity index (χ4v) is 2.34. The lowest BCUT2D eigenvalue weighted by Gasteiger charge is -2.24. The van der Waals surface area contributed by atoms with Crippen LogP contribution in [0.5, 0.6) is 5.75 Å². The molecule has 4 nitrogen and oxygen atoms in total. The van der Waals surface area contributed by atoms with Crippen molar-refractivity contribution in [1.82, 2.24) is 10.2 Å². The summed E-state index contributed by atoms with van der Waals surface area (Å²) in [6.07, 6.45) is 3.77. The predicted molar refractivity (Wildman–Crippen MR) is 77.8 cm³/mol. The zero-order valence-corrected chi connectivity index (χ0v) is 12.2. The molecule has 2 aromatic rings. The number of carbonyl (C=O) groups is 1. The highest BCUT2D eigenvalue weighted by Crippen LogP contribution is 2.38. The Morgan fingerprint density at radius 2 is 2.10 bits per heavy atom. The summed E-state index contributed by atoms with van der Waals surface area (Å²) in [7, 11) is 0. The Morgan fingerprint density at radius 1 is 1.35 bits per heavy atom. The van der Waals surface area contributed by atoms with Crippen molar-refractivity contribution >= 4 is 16.9 Å². The molecular weight excluding hydrogens is 252 g/mol. The largest absolute Gasteiger partial charge is 0.426 e. The second kappa shape index (κ2) is 4.62. The number of carbonyl (C=O) groups excluding carboxylic acids is 1. The van der Waals surface area contributed by atoms with Gasteiger partial charge in [0.25, 0.3) is 0 Å². The number of esters is 1. The molecule has 0 bridgehead atoms. The zero-order valence-electron chi connectivity index (χ0n) is 12.2. The second-order valence-electron chi connectivity index (χ2n) is 6.58. The Hall–Kier alpha value is -1.84. The first-order valence-corrected chi connectivity index (χ1v) is 7.15. The molecule has 0 spiro atoms. The average molecular weight is 272 g/mol. The molecule has 4 heteroatoms. The van der Waals surface area contributed by atoms with E-state index >= 15 is 0 Å². The van der Waals surface area contributed by atoms with Gasteiger partial charge >= 0.3 is 5.97 Å². The molecule has 0 amide bonds. The van der Waals surface area contributed by atoms with Crippen LogP contribution < -0.4 is 4.74 Å². The Labute approximate surface area is 118 Å². The highest BCUT2D eigenvalue weighted by atomic mass is 16.5. The highest BCUT2D eigenvalue weighted by molar-refractivity contribution is 5.85. The minimum atomic E-state index is -0.502. The van der Waals surface area contributed by atoms with Gasteiger partial charge in [0.15, 0.2) is 0 Å². The van der Waals surface area contributed by atoms with Crippen molar-refractivity contribution in [2.24, 2.45) is 5.41 Å². The molecule has 1 saturated carbocycles. The first kappa shape index (κ1) is 13.2. The number of fused-ring (bicyclic) bond motifs is 1. The van der Waals surface area contributed by atoms with Crippen LogP contribution in [0, 0.1) is 5.41 Å². The highest BCUT2D eigenvalue weighted by Gasteiger charge is 2.25. The van der Waals surface area contributed by atoms with Crippen molar-refractivity contribution in [2.45, 2.75) is 46.0 Å². The van der Waals surface area contributed by atoms with E-state index in [0.717, 1.165) is 10.9 Å². The molecule has 1 aliphatic carbocycles. The number of nitrogens with one attached hydrogen (secondary N) is 1. The van der Waals surface area contributed by atoms with Crippen LogP contribution in [-0.4, -0.2) is 16.2 Å². The van der Waals surface area contributed by atoms with Crippen molar-refractivity contribution in [3.63, 3.8) is 0 Å². The summed E-state index contributed by atoms with van der Waals surface area (Å²) >= 11 is 0. The van der Waals surface area contributed by atoms with E-state index < -0.39 is 5.41 Å². The topological polar surface area (TPSA) is 55.0 Å². The smallest absolute Gasteiger partial charge is 0.316 e. The maximum Gasteiger partial charge on any atom is 0.316 e. The number of benzene rings is 1. The first-order chi connectivity index (χ1) is 9.45. The van der Waals surface area contributed by atoms with Crippen molar-refractivity contribution < 1.29 is 9.53 Å². The Bertz CT molecular complexity index is 648. The van der Waals surface area contributed by atoms with E-state index in [9.17, 15) is 4.79 Å². The summed E-state index contributed by atoms with van der Waals surface area (Å²) < 4.78 is 5.40. The van der Waals surface area contributed by atoms with Gasteiger partial charge < -0.3 is 4.74 Å². The van der Waals surface area contributed by atoms with Crippen molar-refractivity contribution in [3.05, 3.63) is 23.9 Å². The third kappa shape index (κ3) is 2.30. The molecule has 1 aliphatic rings. The van der Waals surface area contributed by atoms with Gasteiger partial charge in [-0.05, 0) is 45.7 Å². The molecule has 0 saturated heterocycles. The molecule has 1 aromatic carbocycles. The molecule has 1 heterocycles.